The summed E-state index contributed by atoms with van der Waals surface area (Å²) in [7, 11) is 1.67. The summed E-state index contributed by atoms with van der Waals surface area (Å²) >= 11 is 0. The van der Waals surface area contributed by atoms with E-state index in [4.69, 9.17) is 4.74 Å². The minimum atomic E-state index is -0.167. The highest BCUT2D eigenvalue weighted by atomic mass is 16.5. The van der Waals surface area contributed by atoms with E-state index in [9.17, 15) is 4.79 Å². The van der Waals surface area contributed by atoms with Crippen molar-refractivity contribution >= 4 is 16.8 Å². The summed E-state index contributed by atoms with van der Waals surface area (Å²) in [5, 5.41) is 1.24. The first-order valence-electron chi connectivity index (χ1n) is 10.3. The first-order valence-corrected chi connectivity index (χ1v) is 10.3. The van der Waals surface area contributed by atoms with Gasteiger partial charge in [0.25, 0.3) is 5.91 Å². The summed E-state index contributed by atoms with van der Waals surface area (Å²) in [4.78, 5) is 19.2. The molecule has 4 nitrogen and oxygen atoms in total. The van der Waals surface area contributed by atoms with Crippen LogP contribution in [-0.4, -0.2) is 29.4 Å². The molecule has 2 heterocycles. The van der Waals surface area contributed by atoms with Crippen molar-refractivity contribution in [1.29, 1.82) is 0 Å². The lowest BCUT2D eigenvalue weighted by molar-refractivity contribution is 0.0692. The van der Waals surface area contributed by atoms with Crippen molar-refractivity contribution in [3.05, 3.63) is 101 Å². The van der Waals surface area contributed by atoms with Gasteiger partial charge < -0.3 is 14.6 Å². The zero-order chi connectivity index (χ0) is 20.7. The van der Waals surface area contributed by atoms with Crippen LogP contribution < -0.4 is 4.74 Å². The van der Waals surface area contributed by atoms with Gasteiger partial charge in [-0.2, -0.15) is 0 Å². The number of fused-ring (bicyclic) bond motifs is 3. The Hall–Kier alpha value is -3.53. The molecule has 0 radical (unpaired) electrons. The second-order valence-corrected chi connectivity index (χ2v) is 7.86. The van der Waals surface area contributed by atoms with Crippen LogP contribution in [0.1, 0.15) is 38.8 Å². The number of amides is 1. The third-order valence-electron chi connectivity index (χ3n) is 5.99. The predicted molar refractivity (Wildman–Crippen MR) is 119 cm³/mol. The first kappa shape index (κ1) is 18.5. The van der Waals surface area contributed by atoms with Crippen LogP contribution in [0.2, 0.25) is 0 Å². The molecule has 4 aromatic rings. The van der Waals surface area contributed by atoms with Gasteiger partial charge >= 0.3 is 0 Å². The highest BCUT2D eigenvalue weighted by molar-refractivity contribution is 5.95. The van der Waals surface area contributed by atoms with Crippen molar-refractivity contribution in [2.75, 3.05) is 13.7 Å². The molecule has 1 N–H and O–H groups in total. The summed E-state index contributed by atoms with van der Waals surface area (Å²) < 4.78 is 5.34. The number of aromatic nitrogens is 1. The molecule has 1 atom stereocenters. The third-order valence-corrected chi connectivity index (χ3v) is 5.99. The van der Waals surface area contributed by atoms with Gasteiger partial charge in [0, 0.05) is 28.7 Å². The number of ether oxygens (including phenoxy) is 1. The Morgan fingerprint density at radius 2 is 1.83 bits per heavy atom. The number of carbonyl (C=O) groups excluding carboxylic acids is 1. The molecular formula is C26H24N2O2. The van der Waals surface area contributed by atoms with Crippen LogP contribution in [0, 0.1) is 6.92 Å². The Morgan fingerprint density at radius 1 is 1.03 bits per heavy atom. The monoisotopic (exact) mass is 396 g/mol. The van der Waals surface area contributed by atoms with Crippen LogP contribution in [0.15, 0.2) is 72.8 Å². The van der Waals surface area contributed by atoms with Gasteiger partial charge in [-0.05, 0) is 54.8 Å². The third kappa shape index (κ3) is 3.05. The van der Waals surface area contributed by atoms with E-state index < -0.39 is 0 Å². The maximum Gasteiger partial charge on any atom is 0.254 e. The van der Waals surface area contributed by atoms with Gasteiger partial charge in [-0.3, -0.25) is 4.79 Å². The number of benzene rings is 3. The van der Waals surface area contributed by atoms with Gasteiger partial charge in [-0.15, -0.1) is 0 Å². The fourth-order valence-corrected chi connectivity index (χ4v) is 4.54. The topological polar surface area (TPSA) is 45.3 Å². The lowest BCUT2D eigenvalue weighted by Gasteiger charge is -2.36. The van der Waals surface area contributed by atoms with E-state index in [1.54, 1.807) is 7.11 Å². The highest BCUT2D eigenvalue weighted by Crippen LogP contribution is 2.39. The summed E-state index contributed by atoms with van der Waals surface area (Å²) in [5.74, 6) is 0.867. The smallest absolute Gasteiger partial charge is 0.254 e. The lowest BCUT2D eigenvalue weighted by atomic mass is 9.91. The molecule has 0 aliphatic carbocycles. The van der Waals surface area contributed by atoms with Gasteiger partial charge in [0.05, 0.1) is 13.2 Å². The highest BCUT2D eigenvalue weighted by Gasteiger charge is 2.34. The van der Waals surface area contributed by atoms with E-state index in [0.717, 1.165) is 40.1 Å². The molecule has 1 aromatic heterocycles. The lowest BCUT2D eigenvalue weighted by Crippen LogP contribution is -2.40. The maximum absolute atomic E-state index is 13.6. The van der Waals surface area contributed by atoms with Crippen molar-refractivity contribution in [3.8, 4) is 5.75 Å². The van der Waals surface area contributed by atoms with Crippen LogP contribution in [0.25, 0.3) is 10.9 Å². The number of nitrogens with one attached hydrogen (secondary N) is 1. The van der Waals surface area contributed by atoms with Gasteiger partial charge in [-0.1, -0.05) is 48.0 Å². The van der Waals surface area contributed by atoms with Crippen molar-refractivity contribution in [3.63, 3.8) is 0 Å². The number of hydrogen-bond donors (Lipinski definition) is 1. The summed E-state index contributed by atoms with van der Waals surface area (Å²) in [5.41, 5.74) is 6.42. The molecule has 1 aliphatic rings. The quantitative estimate of drug-likeness (QED) is 0.513. The number of nitrogens with zero attached hydrogens (tertiary/aromatic N) is 1. The summed E-state index contributed by atoms with van der Waals surface area (Å²) in [6, 6.07) is 24.1. The molecule has 5 rings (SSSR count). The van der Waals surface area contributed by atoms with Gasteiger partial charge in [0.15, 0.2) is 0 Å². The molecule has 3 aromatic carbocycles. The molecule has 1 unspecified atom stereocenters. The molecule has 0 bridgehead atoms. The molecule has 150 valence electrons. The Balaban J connectivity index is 1.65. The van der Waals surface area contributed by atoms with Crippen molar-refractivity contribution in [2.24, 2.45) is 0 Å². The number of methoxy groups -OCH3 is 1. The zero-order valence-electron chi connectivity index (χ0n) is 17.2. The Labute approximate surface area is 176 Å². The maximum atomic E-state index is 13.6. The van der Waals surface area contributed by atoms with E-state index in [2.05, 4.69) is 35.3 Å². The Morgan fingerprint density at radius 3 is 2.60 bits per heavy atom. The summed E-state index contributed by atoms with van der Waals surface area (Å²) in [6.07, 6.45) is 0.837. The van der Waals surface area contributed by atoms with Gasteiger partial charge in [0.2, 0.25) is 0 Å². The van der Waals surface area contributed by atoms with Gasteiger partial charge in [-0.25, -0.2) is 0 Å². The van der Waals surface area contributed by atoms with Crippen molar-refractivity contribution in [1.82, 2.24) is 9.88 Å². The number of carbonyl (C=O) groups is 1. The SMILES string of the molecule is COc1ccc(C2c3[nH]c4ccccc4c3CCN2C(=O)c2cccc(C)c2)cc1. The standard InChI is InChI=1S/C26H24N2O2/c1-17-6-5-7-19(16-17)26(29)28-15-14-22-21-8-3-4-9-23(21)27-24(22)25(28)18-10-12-20(30-2)13-11-18/h3-13,16,25,27H,14-15H2,1-2H3. The predicted octanol–water partition coefficient (Wildman–Crippen LogP) is 5.27. The normalized spacial score (nSPS) is 15.8. The fraction of sp³-hybridized carbons (Fsp3) is 0.192. The second kappa shape index (κ2) is 7.38. The zero-order valence-corrected chi connectivity index (χ0v) is 17.2. The average molecular weight is 396 g/mol. The van der Waals surface area contributed by atoms with Crippen molar-refractivity contribution < 1.29 is 9.53 Å². The molecule has 1 amide bonds. The largest absolute Gasteiger partial charge is 0.497 e. The molecular weight excluding hydrogens is 372 g/mol. The number of aryl methyl sites for hydroxylation is 1. The van der Waals surface area contributed by atoms with Crippen LogP contribution in [0.3, 0.4) is 0 Å². The van der Waals surface area contributed by atoms with E-state index in [0.29, 0.717) is 6.54 Å². The Bertz CT molecular complexity index is 1220. The molecule has 0 spiro atoms. The van der Waals surface area contributed by atoms with Crippen LogP contribution in [-0.2, 0) is 6.42 Å². The molecule has 0 fully saturated rings. The fourth-order valence-electron chi connectivity index (χ4n) is 4.54. The minimum absolute atomic E-state index is 0.0591. The number of rotatable bonds is 3. The Kier molecular flexibility index (Phi) is 4.55. The molecule has 4 heteroatoms. The molecule has 0 saturated heterocycles. The van der Waals surface area contributed by atoms with Crippen LogP contribution in [0.5, 0.6) is 5.75 Å². The van der Waals surface area contributed by atoms with E-state index in [1.807, 2.05) is 54.3 Å². The van der Waals surface area contributed by atoms with Crippen molar-refractivity contribution in [2.45, 2.75) is 19.4 Å². The van der Waals surface area contributed by atoms with Crippen LogP contribution in [0.4, 0.5) is 0 Å². The van der Waals surface area contributed by atoms with E-state index in [-0.39, 0.29) is 11.9 Å². The second-order valence-electron chi connectivity index (χ2n) is 7.86. The average Bonchev–Trinajstić information content (AvgIpc) is 3.17. The number of H-pyrrole nitrogens is 1. The van der Waals surface area contributed by atoms with E-state index >= 15 is 0 Å². The summed E-state index contributed by atoms with van der Waals surface area (Å²) in [6.45, 7) is 2.70. The van der Waals surface area contributed by atoms with E-state index in [1.165, 1.54) is 10.9 Å². The number of para-hydroxylation sites is 1. The molecule has 0 saturated carbocycles. The van der Waals surface area contributed by atoms with Crippen LogP contribution >= 0.6 is 0 Å². The number of hydrogen-bond acceptors (Lipinski definition) is 2. The first-order chi connectivity index (χ1) is 14.7. The van der Waals surface area contributed by atoms with Gasteiger partial charge in [0.1, 0.15) is 5.75 Å². The molecule has 30 heavy (non-hydrogen) atoms. The number of aromatic amines is 1. The minimum Gasteiger partial charge on any atom is -0.497 e. The molecule has 1 aliphatic heterocycles.